The highest BCUT2D eigenvalue weighted by molar-refractivity contribution is 7.99. The van der Waals surface area contributed by atoms with Gasteiger partial charge >= 0.3 is 5.69 Å². The van der Waals surface area contributed by atoms with Crippen LogP contribution in [0.2, 0.25) is 0 Å². The summed E-state index contributed by atoms with van der Waals surface area (Å²) in [7, 11) is 1.60. The molecule has 0 bridgehead atoms. The lowest BCUT2D eigenvalue weighted by atomic mass is 10.2. The number of non-ortho nitro benzene ring substituents is 1. The zero-order chi connectivity index (χ0) is 18.4. The molecule has 10 heteroatoms. The smallest absolute Gasteiger partial charge is 0.315 e. The number of thioether (sulfide) groups is 1. The summed E-state index contributed by atoms with van der Waals surface area (Å²) >= 11 is 1.18. The second-order valence-electron chi connectivity index (χ2n) is 5.33. The van der Waals surface area contributed by atoms with Gasteiger partial charge in [-0.3, -0.25) is 19.5 Å². The Balaban J connectivity index is 2.00. The topological polar surface area (TPSA) is 114 Å². The average Bonchev–Trinajstić information content (AvgIpc) is 2.97. The highest BCUT2D eigenvalue weighted by atomic mass is 32.2. The number of nitro benzene ring substituents is 1. The number of unbranched alkanes of at least 4 members (excludes halogenated alkanes) is 1. The highest BCUT2D eigenvalue weighted by Gasteiger charge is 2.16. The summed E-state index contributed by atoms with van der Waals surface area (Å²) in [5.41, 5.74) is 0.240. The van der Waals surface area contributed by atoms with Crippen molar-refractivity contribution in [2.45, 2.75) is 31.5 Å². The molecular weight excluding hydrogens is 346 g/mol. The minimum Gasteiger partial charge on any atom is -0.315 e. The van der Waals surface area contributed by atoms with Crippen LogP contribution < -0.4 is 10.6 Å². The third-order valence-corrected chi connectivity index (χ3v) is 4.57. The largest absolute Gasteiger partial charge is 0.343 e. The minimum atomic E-state index is -0.491. The Bertz CT molecular complexity index is 799. The Morgan fingerprint density at radius 2 is 2.08 bits per heavy atom. The van der Waals surface area contributed by atoms with Crippen molar-refractivity contribution in [2.24, 2.45) is 0 Å². The molecule has 0 radical (unpaired) electrons. The fourth-order valence-electron chi connectivity index (χ4n) is 2.09. The van der Waals surface area contributed by atoms with Crippen molar-refractivity contribution in [2.75, 3.05) is 17.7 Å². The average molecular weight is 365 g/mol. The monoisotopic (exact) mass is 365 g/mol. The molecule has 1 aromatic heterocycles. The molecule has 0 aliphatic heterocycles. The number of carbonyl (C=O) groups excluding carboxylic acids is 1. The number of anilines is 1. The molecule has 0 saturated carbocycles. The third-order valence-electron chi connectivity index (χ3n) is 3.61. The predicted molar refractivity (Wildman–Crippen MR) is 95.0 cm³/mol. The van der Waals surface area contributed by atoms with Gasteiger partial charge in [0, 0.05) is 31.4 Å². The summed E-state index contributed by atoms with van der Waals surface area (Å²) in [5, 5.41) is 17.5. The zero-order valence-corrected chi connectivity index (χ0v) is 14.8. The van der Waals surface area contributed by atoms with Gasteiger partial charge in [0.1, 0.15) is 0 Å². The molecule has 0 spiro atoms. The number of hydrogen-bond donors (Lipinski definition) is 1. The maximum Gasteiger partial charge on any atom is 0.343 e. The molecule has 2 rings (SSSR count). The maximum absolute atomic E-state index is 12.3. The second kappa shape index (κ2) is 8.47. The van der Waals surface area contributed by atoms with Crippen LogP contribution in [-0.4, -0.2) is 38.4 Å². The summed E-state index contributed by atoms with van der Waals surface area (Å²) in [4.78, 5) is 35.6. The number of amides is 1. The van der Waals surface area contributed by atoms with Gasteiger partial charge in [0.2, 0.25) is 5.91 Å². The summed E-state index contributed by atoms with van der Waals surface area (Å²) in [6.45, 7) is 2.58. The van der Waals surface area contributed by atoms with E-state index in [0.29, 0.717) is 17.4 Å². The molecule has 0 aliphatic carbocycles. The Labute approximate surface area is 148 Å². The number of hydrogen-bond acceptors (Lipinski definition) is 6. The fraction of sp³-hybridized carbons (Fsp3) is 0.400. The van der Waals surface area contributed by atoms with Crippen LogP contribution in [0, 0.1) is 10.1 Å². The molecule has 134 valence electrons. The van der Waals surface area contributed by atoms with E-state index in [1.165, 1.54) is 45.5 Å². The molecule has 0 fully saturated rings. The molecule has 0 unspecified atom stereocenters. The van der Waals surface area contributed by atoms with Crippen LogP contribution in [0.15, 0.2) is 34.2 Å². The van der Waals surface area contributed by atoms with Gasteiger partial charge in [-0.25, -0.2) is 9.89 Å². The first-order valence-corrected chi connectivity index (χ1v) is 8.71. The molecule has 1 amide bonds. The first kappa shape index (κ1) is 18.7. The number of aromatic amines is 1. The quantitative estimate of drug-likeness (QED) is 0.435. The third kappa shape index (κ3) is 4.69. The maximum atomic E-state index is 12.3. The van der Waals surface area contributed by atoms with Crippen molar-refractivity contribution < 1.29 is 9.72 Å². The number of rotatable bonds is 8. The predicted octanol–water partition coefficient (Wildman–Crippen LogP) is 2.03. The molecule has 2 aromatic rings. The number of H-pyrrole nitrogens is 1. The fourth-order valence-corrected chi connectivity index (χ4v) is 2.98. The molecule has 1 N–H and O–H groups in total. The van der Waals surface area contributed by atoms with Gasteiger partial charge in [-0.2, -0.15) is 0 Å². The van der Waals surface area contributed by atoms with Crippen molar-refractivity contribution in [3.05, 3.63) is 44.9 Å². The SMILES string of the molecule is CCCCn1c(SCC(=O)N(C)c2ccc([N+](=O)[O-])cc2)n[nH]c1=O. The second-order valence-corrected chi connectivity index (χ2v) is 6.27. The van der Waals surface area contributed by atoms with E-state index in [1.54, 1.807) is 7.05 Å². The summed E-state index contributed by atoms with van der Waals surface area (Å²) in [6.07, 6.45) is 1.80. The van der Waals surface area contributed by atoms with Crippen molar-refractivity contribution >= 4 is 29.0 Å². The summed E-state index contributed by atoms with van der Waals surface area (Å²) in [6, 6.07) is 5.74. The minimum absolute atomic E-state index is 0.0320. The molecule has 1 aromatic carbocycles. The number of carbonyl (C=O) groups is 1. The number of benzene rings is 1. The van der Waals surface area contributed by atoms with Crippen LogP contribution in [-0.2, 0) is 11.3 Å². The Morgan fingerprint density at radius 1 is 1.40 bits per heavy atom. The molecule has 1 heterocycles. The van der Waals surface area contributed by atoms with Gasteiger partial charge in [0.05, 0.1) is 10.7 Å². The van der Waals surface area contributed by atoms with E-state index in [4.69, 9.17) is 0 Å². The van der Waals surface area contributed by atoms with Crippen LogP contribution >= 0.6 is 11.8 Å². The van der Waals surface area contributed by atoms with Crippen molar-refractivity contribution in [1.29, 1.82) is 0 Å². The molecule has 9 nitrogen and oxygen atoms in total. The first-order chi connectivity index (χ1) is 11.9. The number of aromatic nitrogens is 3. The van der Waals surface area contributed by atoms with Gasteiger partial charge in [-0.1, -0.05) is 25.1 Å². The number of nitrogens with one attached hydrogen (secondary N) is 1. The molecule has 0 atom stereocenters. The van der Waals surface area contributed by atoms with E-state index in [1.807, 2.05) is 6.92 Å². The molecule has 0 aliphatic rings. The van der Waals surface area contributed by atoms with Gasteiger partial charge in [-0.05, 0) is 18.6 Å². The lowest BCUT2D eigenvalue weighted by molar-refractivity contribution is -0.384. The van der Waals surface area contributed by atoms with E-state index < -0.39 is 4.92 Å². The van der Waals surface area contributed by atoms with Gasteiger partial charge in [-0.15, -0.1) is 5.10 Å². The van der Waals surface area contributed by atoms with Crippen LogP contribution in [0.4, 0.5) is 11.4 Å². The Hall–Kier alpha value is -2.62. The molecule has 0 saturated heterocycles. The van der Waals surface area contributed by atoms with Crippen molar-refractivity contribution in [3.8, 4) is 0 Å². The molecule has 25 heavy (non-hydrogen) atoms. The lowest BCUT2D eigenvalue weighted by Crippen LogP contribution is -2.28. The van der Waals surface area contributed by atoms with Crippen LogP contribution in [0.3, 0.4) is 0 Å². The summed E-state index contributed by atoms with van der Waals surface area (Å²) < 4.78 is 1.52. The Kier molecular flexibility index (Phi) is 6.34. The number of nitrogens with zero attached hydrogens (tertiary/aromatic N) is 4. The molecular formula is C15H19N5O4S. The van der Waals surface area contributed by atoms with Crippen LogP contribution in [0.1, 0.15) is 19.8 Å². The highest BCUT2D eigenvalue weighted by Crippen LogP contribution is 2.20. The van der Waals surface area contributed by atoms with E-state index >= 15 is 0 Å². The van der Waals surface area contributed by atoms with Gasteiger partial charge < -0.3 is 4.90 Å². The van der Waals surface area contributed by atoms with E-state index in [0.717, 1.165) is 12.8 Å². The van der Waals surface area contributed by atoms with Crippen molar-refractivity contribution in [3.63, 3.8) is 0 Å². The Morgan fingerprint density at radius 3 is 2.68 bits per heavy atom. The first-order valence-electron chi connectivity index (χ1n) is 7.73. The van der Waals surface area contributed by atoms with E-state index in [-0.39, 0.29) is 23.0 Å². The van der Waals surface area contributed by atoms with Crippen molar-refractivity contribution in [1.82, 2.24) is 14.8 Å². The van der Waals surface area contributed by atoms with Gasteiger partial charge in [0.15, 0.2) is 5.16 Å². The standard InChI is InChI=1S/C15H19N5O4S/c1-3-4-9-19-14(22)16-17-15(19)25-10-13(21)18(2)11-5-7-12(8-6-11)20(23)24/h5-8H,3-4,9-10H2,1-2H3,(H,16,22). The van der Waals surface area contributed by atoms with Gasteiger partial charge in [0.25, 0.3) is 5.69 Å². The van der Waals surface area contributed by atoms with E-state index in [9.17, 15) is 19.7 Å². The van der Waals surface area contributed by atoms with E-state index in [2.05, 4.69) is 10.2 Å². The van der Waals surface area contributed by atoms with Crippen LogP contribution in [0.5, 0.6) is 0 Å². The normalized spacial score (nSPS) is 10.6. The zero-order valence-electron chi connectivity index (χ0n) is 14.0. The number of nitro groups is 1. The summed E-state index contributed by atoms with van der Waals surface area (Å²) in [5.74, 6) is -0.0967. The lowest BCUT2D eigenvalue weighted by Gasteiger charge is -2.16. The van der Waals surface area contributed by atoms with Crippen LogP contribution in [0.25, 0.3) is 0 Å².